The van der Waals surface area contributed by atoms with Gasteiger partial charge in [-0.2, -0.15) is 4.57 Å². The molecule has 0 N–H and O–H groups in total. The van der Waals surface area contributed by atoms with E-state index < -0.39 is 6.85 Å². The molecule has 0 unspecified atom stereocenters. The number of aromatic nitrogens is 1. The molecule has 3 nitrogen and oxygen atoms in total. The summed E-state index contributed by atoms with van der Waals surface area (Å²) in [6.07, 6.45) is 0. The molecule has 0 fully saturated rings. The molecule has 4 aromatic rings. The highest BCUT2D eigenvalue weighted by Gasteiger charge is 2.25. The van der Waals surface area contributed by atoms with E-state index in [2.05, 4.69) is 10.9 Å². The van der Waals surface area contributed by atoms with Crippen LogP contribution >= 0.6 is 0 Å². The molecule has 3 heteroatoms. The van der Waals surface area contributed by atoms with Crippen LogP contribution in [-0.2, 0) is 7.05 Å². The van der Waals surface area contributed by atoms with Gasteiger partial charge in [0.15, 0.2) is 5.69 Å². The lowest BCUT2D eigenvalue weighted by Crippen LogP contribution is -2.36. The van der Waals surface area contributed by atoms with Crippen LogP contribution in [0.4, 0.5) is 5.69 Å². The number of furan rings is 1. The van der Waals surface area contributed by atoms with Crippen molar-refractivity contribution < 1.29 is 14.5 Å². The minimum absolute atomic E-state index is 0.165. The van der Waals surface area contributed by atoms with Crippen molar-refractivity contribution in [3.05, 3.63) is 69.7 Å². The van der Waals surface area contributed by atoms with Crippen molar-refractivity contribution in [2.75, 3.05) is 0 Å². The molecular weight excluding hydrogens is 332 g/mol. The summed E-state index contributed by atoms with van der Waals surface area (Å²) in [7, 11) is 1.79. The fraction of sp³-hybridized carbons (Fsp3) is 0.250. The molecule has 0 spiro atoms. The molecule has 27 heavy (non-hydrogen) atoms. The van der Waals surface area contributed by atoms with Crippen LogP contribution in [0.25, 0.3) is 38.0 Å². The molecule has 2 aromatic carbocycles. The van der Waals surface area contributed by atoms with Crippen LogP contribution in [0.3, 0.4) is 0 Å². The van der Waals surface area contributed by atoms with Crippen molar-refractivity contribution in [3.63, 3.8) is 0 Å². The highest BCUT2D eigenvalue weighted by atomic mass is 16.3. The first-order valence-corrected chi connectivity index (χ1v) is 8.82. The third-order valence-electron chi connectivity index (χ3n) is 5.38. The third kappa shape index (κ3) is 2.37. The average Bonchev–Trinajstić information content (AvgIpc) is 3.07. The Hall–Kier alpha value is -3.12. The molecule has 2 aromatic heterocycles. The summed E-state index contributed by atoms with van der Waals surface area (Å²) in [5, 5.41) is 1.78. The summed E-state index contributed by atoms with van der Waals surface area (Å²) in [6, 6.07) is 7.74. The minimum atomic E-state index is -2.30. The first-order valence-electron chi connectivity index (χ1n) is 10.8. The normalized spacial score (nSPS) is 13.9. The number of hydrogen-bond acceptors (Lipinski definition) is 1. The van der Waals surface area contributed by atoms with Crippen molar-refractivity contribution in [3.8, 4) is 11.3 Å². The lowest BCUT2D eigenvalue weighted by molar-refractivity contribution is -0.667. The molecular formula is C24H23N2O+. The van der Waals surface area contributed by atoms with Crippen LogP contribution in [0.15, 0.2) is 34.7 Å². The van der Waals surface area contributed by atoms with E-state index in [-0.39, 0.29) is 11.6 Å². The molecule has 0 atom stereocenters. The molecule has 0 radical (unpaired) electrons. The molecule has 0 saturated carbocycles. The quantitative estimate of drug-likeness (QED) is 0.294. The van der Waals surface area contributed by atoms with Gasteiger partial charge < -0.3 is 4.42 Å². The maximum absolute atomic E-state index is 8.87. The van der Waals surface area contributed by atoms with E-state index in [4.69, 9.17) is 16.5 Å². The number of nitrogens with zero attached hydrogens (tertiary/aromatic N) is 2. The van der Waals surface area contributed by atoms with E-state index in [9.17, 15) is 0 Å². The minimum Gasteiger partial charge on any atom is -0.466 e. The highest BCUT2D eigenvalue weighted by Crippen LogP contribution is 2.42. The summed E-state index contributed by atoms with van der Waals surface area (Å²) in [6.45, 7) is 12.6. The lowest BCUT2D eigenvalue weighted by Gasteiger charge is -2.11. The first kappa shape index (κ1) is 13.1. The Balaban J connectivity index is 2.22. The van der Waals surface area contributed by atoms with Gasteiger partial charge in [0.1, 0.15) is 18.2 Å². The van der Waals surface area contributed by atoms with Gasteiger partial charge in [-0.1, -0.05) is 24.3 Å². The van der Waals surface area contributed by atoms with Gasteiger partial charge in [-0.15, -0.1) is 0 Å². The monoisotopic (exact) mass is 359 g/mol. The molecule has 2 heterocycles. The largest absolute Gasteiger partial charge is 0.466 e. The molecule has 0 aliphatic rings. The van der Waals surface area contributed by atoms with Crippen molar-refractivity contribution >= 4 is 27.6 Å². The zero-order valence-electron chi connectivity index (χ0n) is 20.1. The summed E-state index contributed by atoms with van der Waals surface area (Å²) in [4.78, 5) is 3.60. The van der Waals surface area contributed by atoms with Gasteiger partial charge in [-0.25, -0.2) is 4.85 Å². The van der Waals surface area contributed by atoms with Crippen LogP contribution < -0.4 is 4.57 Å². The number of benzene rings is 2. The van der Waals surface area contributed by atoms with Crippen LogP contribution in [0, 0.1) is 41.1 Å². The van der Waals surface area contributed by atoms with Gasteiger partial charge in [0.25, 0.3) is 0 Å². The maximum atomic E-state index is 8.87. The van der Waals surface area contributed by atoms with Gasteiger partial charge in [0.05, 0.1) is 13.5 Å². The van der Waals surface area contributed by atoms with E-state index in [0.29, 0.717) is 33.8 Å². The smallest absolute Gasteiger partial charge is 0.229 e. The number of hydrogen-bond donors (Lipinski definition) is 0. The van der Waals surface area contributed by atoms with Crippen LogP contribution in [0.1, 0.15) is 33.4 Å². The topological polar surface area (TPSA) is 21.4 Å². The Morgan fingerprint density at radius 1 is 1.11 bits per heavy atom. The van der Waals surface area contributed by atoms with E-state index in [1.54, 1.807) is 31.5 Å². The Morgan fingerprint density at radius 2 is 1.89 bits per heavy atom. The zero-order chi connectivity index (χ0) is 22.8. The van der Waals surface area contributed by atoms with Crippen LogP contribution in [0.2, 0.25) is 0 Å². The third-order valence-corrected chi connectivity index (χ3v) is 5.38. The average molecular weight is 359 g/mol. The predicted octanol–water partition coefficient (Wildman–Crippen LogP) is 6.17. The Morgan fingerprint density at radius 3 is 2.59 bits per heavy atom. The van der Waals surface area contributed by atoms with Crippen molar-refractivity contribution in [1.29, 1.82) is 0 Å². The summed E-state index contributed by atoms with van der Waals surface area (Å²) >= 11 is 0. The van der Waals surface area contributed by atoms with Gasteiger partial charge in [-0.05, 0) is 44.3 Å². The van der Waals surface area contributed by atoms with Gasteiger partial charge in [0.2, 0.25) is 11.4 Å². The fourth-order valence-electron chi connectivity index (χ4n) is 3.86. The second-order valence-corrected chi connectivity index (χ2v) is 7.08. The van der Waals surface area contributed by atoms with Crippen molar-refractivity contribution in [2.24, 2.45) is 7.05 Å². The number of para-hydroxylation sites is 1. The fourth-order valence-corrected chi connectivity index (χ4v) is 3.86. The second kappa shape index (κ2) is 5.96. The van der Waals surface area contributed by atoms with E-state index >= 15 is 0 Å². The van der Waals surface area contributed by atoms with Crippen LogP contribution in [0.5, 0.6) is 0 Å². The Bertz CT molecular complexity index is 1410. The number of fused-ring (bicyclic) bond motifs is 3. The molecule has 4 rings (SSSR count). The van der Waals surface area contributed by atoms with Crippen molar-refractivity contribution in [2.45, 2.75) is 34.5 Å². The van der Waals surface area contributed by atoms with Crippen molar-refractivity contribution in [1.82, 2.24) is 0 Å². The van der Waals surface area contributed by atoms with Gasteiger partial charge in [-0.3, -0.25) is 0 Å². The Kier molecular flexibility index (Phi) is 2.89. The Labute approximate surface area is 165 Å². The van der Waals surface area contributed by atoms with E-state index in [1.165, 1.54) is 0 Å². The van der Waals surface area contributed by atoms with Gasteiger partial charge in [0, 0.05) is 33.4 Å². The second-order valence-electron chi connectivity index (χ2n) is 7.08. The molecule has 0 aliphatic carbocycles. The predicted molar refractivity (Wildman–Crippen MR) is 110 cm³/mol. The number of pyridine rings is 1. The first-order chi connectivity index (χ1) is 14.5. The van der Waals surface area contributed by atoms with Gasteiger partial charge >= 0.3 is 0 Å². The number of rotatable bonds is 1. The number of aryl methyl sites for hydroxylation is 2. The molecule has 0 bridgehead atoms. The molecule has 0 aliphatic heterocycles. The molecule has 0 amide bonds. The lowest BCUT2D eigenvalue weighted by atomic mass is 9.95. The standard InChI is InChI=1S/C24H23N2O/c1-13-12-20(26(7)17(5)16(13)4)22-15(3)11-14(2)21-18-9-8-10-19(25-6)23(18)27-24(21)22/h8-12H,1-5,7H3/q+1/i4D3,12D. The highest BCUT2D eigenvalue weighted by molar-refractivity contribution is 6.14. The van der Waals surface area contributed by atoms with E-state index in [0.717, 1.165) is 27.5 Å². The molecule has 0 saturated heterocycles. The van der Waals surface area contributed by atoms with Crippen LogP contribution in [-0.4, -0.2) is 0 Å². The summed E-state index contributed by atoms with van der Waals surface area (Å²) < 4.78 is 40.7. The maximum Gasteiger partial charge on any atom is 0.229 e. The summed E-state index contributed by atoms with van der Waals surface area (Å²) in [5.74, 6) is 0. The SMILES string of the molecule is [2H]c1c(C)c(C([2H])([2H])[2H])c(C)[n+](C)c1-c1c(C)cc(C)c2c1oc1c([N+]#[C-])cccc12. The summed E-state index contributed by atoms with van der Waals surface area (Å²) in [5.41, 5.74) is 6.15. The zero-order valence-corrected chi connectivity index (χ0v) is 16.1. The molecule has 134 valence electrons. The van der Waals surface area contributed by atoms with E-state index in [1.807, 2.05) is 26.0 Å².